The largest absolute Gasteiger partial charge is 0.462 e. The molecule has 2 rings (SSSR count). The third-order valence-corrected chi connectivity index (χ3v) is 2.57. The van der Waals surface area contributed by atoms with Crippen LogP contribution in [0.4, 0.5) is 4.79 Å². The Bertz CT molecular complexity index is 638. The molecule has 0 unspecified atom stereocenters. The average Bonchev–Trinajstić information content (AvgIpc) is 2.81. The van der Waals surface area contributed by atoms with Gasteiger partial charge in [-0.2, -0.15) is 0 Å². The van der Waals surface area contributed by atoms with E-state index in [1.165, 1.54) is 0 Å². The van der Waals surface area contributed by atoms with E-state index in [0.717, 1.165) is 16.7 Å². The quantitative estimate of drug-likeness (QED) is 0.932. The molecule has 0 radical (unpaired) electrons. The fourth-order valence-corrected chi connectivity index (χ4v) is 1.74. The smallest absolute Gasteiger partial charge is 0.407 e. The summed E-state index contributed by atoms with van der Waals surface area (Å²) in [5, 5.41) is 2.67. The van der Waals surface area contributed by atoms with Crippen LogP contribution in [0, 0.1) is 0 Å². The number of pyridine rings is 1. The molecule has 0 saturated carbocycles. The van der Waals surface area contributed by atoms with E-state index in [9.17, 15) is 4.79 Å². The number of hydrogen-bond donors (Lipinski definition) is 1. The molecular weight excluding hydrogens is 256 g/mol. The molecule has 0 bridgehead atoms. The molecule has 5 heteroatoms. The molecule has 0 atom stereocenters. The summed E-state index contributed by atoms with van der Waals surface area (Å²) in [5.74, 6) is 0. The molecule has 0 aliphatic rings. The first-order chi connectivity index (χ1) is 9.37. The van der Waals surface area contributed by atoms with Crippen LogP contribution in [-0.4, -0.2) is 23.2 Å². The van der Waals surface area contributed by atoms with Gasteiger partial charge in [-0.1, -0.05) is 6.58 Å². The fourth-order valence-electron chi connectivity index (χ4n) is 1.74. The molecule has 1 N–H and O–H groups in total. The molecule has 0 saturated heterocycles. The molecule has 0 fully saturated rings. The summed E-state index contributed by atoms with van der Waals surface area (Å²) in [6.45, 7) is 9.70. The molecule has 2 aromatic rings. The van der Waals surface area contributed by atoms with Crippen LogP contribution in [-0.2, 0) is 4.74 Å². The van der Waals surface area contributed by atoms with Crippen molar-refractivity contribution >= 4 is 22.8 Å². The van der Waals surface area contributed by atoms with E-state index < -0.39 is 11.7 Å². The number of amides is 1. The average molecular weight is 274 g/mol. The topological polar surface area (TPSA) is 64.4 Å². The van der Waals surface area contributed by atoms with Crippen molar-refractivity contribution in [3.8, 4) is 0 Å². The third kappa shape index (κ3) is 3.38. The molecule has 106 valence electrons. The zero-order chi connectivity index (χ0) is 14.8. The molecule has 2 aromatic heterocycles. The molecule has 2 heterocycles. The predicted octanol–water partition coefficient (Wildman–Crippen LogP) is 3.37. The van der Waals surface area contributed by atoms with Crippen LogP contribution >= 0.6 is 0 Å². The highest BCUT2D eigenvalue weighted by molar-refractivity contribution is 5.87. The Morgan fingerprint density at radius 2 is 2.20 bits per heavy atom. The number of nitrogens with one attached hydrogen (secondary N) is 1. The van der Waals surface area contributed by atoms with Crippen LogP contribution in [0.2, 0.25) is 0 Å². The van der Waals surface area contributed by atoms with Crippen LogP contribution in [0.25, 0.3) is 16.7 Å². The van der Waals surface area contributed by atoms with Crippen LogP contribution in [0.1, 0.15) is 26.3 Å². The molecule has 5 nitrogen and oxygen atoms in total. The summed E-state index contributed by atoms with van der Waals surface area (Å²) in [6.07, 6.45) is 2.80. The lowest BCUT2D eigenvalue weighted by Crippen LogP contribution is -2.33. The van der Waals surface area contributed by atoms with E-state index in [-0.39, 0.29) is 6.54 Å². The van der Waals surface area contributed by atoms with Gasteiger partial charge >= 0.3 is 6.09 Å². The molecular formula is C15H18N2O3. The van der Waals surface area contributed by atoms with E-state index in [2.05, 4.69) is 16.9 Å². The maximum atomic E-state index is 11.6. The van der Waals surface area contributed by atoms with Crippen molar-refractivity contribution in [2.75, 3.05) is 6.54 Å². The summed E-state index contributed by atoms with van der Waals surface area (Å²) in [7, 11) is 0. The van der Waals surface area contributed by atoms with Gasteiger partial charge in [-0.05, 0) is 32.4 Å². The van der Waals surface area contributed by atoms with Gasteiger partial charge < -0.3 is 14.5 Å². The van der Waals surface area contributed by atoms with Crippen LogP contribution in [0.5, 0.6) is 0 Å². The first-order valence-electron chi connectivity index (χ1n) is 6.34. The van der Waals surface area contributed by atoms with Gasteiger partial charge in [-0.25, -0.2) is 4.79 Å². The van der Waals surface area contributed by atoms with Crippen molar-refractivity contribution in [1.82, 2.24) is 10.3 Å². The first kappa shape index (κ1) is 14.1. The van der Waals surface area contributed by atoms with Gasteiger partial charge in [0.05, 0.1) is 6.26 Å². The lowest BCUT2D eigenvalue weighted by molar-refractivity contribution is 0.0535. The molecule has 0 aliphatic heterocycles. The van der Waals surface area contributed by atoms with Crippen molar-refractivity contribution in [1.29, 1.82) is 0 Å². The second-order valence-corrected chi connectivity index (χ2v) is 5.45. The van der Waals surface area contributed by atoms with E-state index >= 15 is 0 Å². The SMILES string of the molecule is C=C(CNC(=O)OC(C)(C)C)c1ccnc2ccoc12. The molecule has 0 aromatic carbocycles. The van der Waals surface area contributed by atoms with Crippen molar-refractivity contribution < 1.29 is 13.9 Å². The Morgan fingerprint density at radius 3 is 2.90 bits per heavy atom. The van der Waals surface area contributed by atoms with Crippen molar-refractivity contribution in [2.45, 2.75) is 26.4 Å². The minimum atomic E-state index is -0.517. The van der Waals surface area contributed by atoms with Gasteiger partial charge in [0.15, 0.2) is 5.58 Å². The number of carbonyl (C=O) groups is 1. The number of alkyl carbamates (subject to hydrolysis) is 1. The highest BCUT2D eigenvalue weighted by Crippen LogP contribution is 2.23. The fraction of sp³-hybridized carbons (Fsp3) is 0.333. The number of ether oxygens (including phenoxy) is 1. The minimum Gasteiger partial charge on any atom is -0.462 e. The third-order valence-electron chi connectivity index (χ3n) is 2.57. The van der Waals surface area contributed by atoms with Gasteiger partial charge in [0.2, 0.25) is 0 Å². The van der Waals surface area contributed by atoms with Gasteiger partial charge in [0.25, 0.3) is 0 Å². The second kappa shape index (κ2) is 5.36. The number of furan rings is 1. The van der Waals surface area contributed by atoms with Crippen LogP contribution < -0.4 is 5.32 Å². The maximum Gasteiger partial charge on any atom is 0.407 e. The molecule has 0 aliphatic carbocycles. The van der Waals surface area contributed by atoms with E-state index in [1.807, 2.05) is 26.8 Å². The lowest BCUT2D eigenvalue weighted by atomic mass is 10.1. The Morgan fingerprint density at radius 1 is 1.45 bits per heavy atom. The van der Waals surface area contributed by atoms with E-state index in [4.69, 9.17) is 9.15 Å². The number of carbonyl (C=O) groups excluding carboxylic acids is 1. The molecule has 1 amide bonds. The van der Waals surface area contributed by atoms with Crippen molar-refractivity contribution in [3.63, 3.8) is 0 Å². The lowest BCUT2D eigenvalue weighted by Gasteiger charge is -2.20. The van der Waals surface area contributed by atoms with Gasteiger partial charge in [0, 0.05) is 24.4 Å². The van der Waals surface area contributed by atoms with E-state index in [0.29, 0.717) is 5.58 Å². The highest BCUT2D eigenvalue weighted by Gasteiger charge is 2.16. The summed E-state index contributed by atoms with van der Waals surface area (Å²) in [5.41, 5.74) is 2.48. The molecule has 20 heavy (non-hydrogen) atoms. The summed E-state index contributed by atoms with van der Waals surface area (Å²) < 4.78 is 10.6. The number of hydrogen-bond acceptors (Lipinski definition) is 4. The highest BCUT2D eigenvalue weighted by atomic mass is 16.6. The zero-order valence-electron chi connectivity index (χ0n) is 11.9. The van der Waals surface area contributed by atoms with Crippen molar-refractivity contribution in [2.24, 2.45) is 0 Å². The summed E-state index contributed by atoms with van der Waals surface area (Å²) >= 11 is 0. The van der Waals surface area contributed by atoms with Crippen LogP contribution in [0.3, 0.4) is 0 Å². The van der Waals surface area contributed by atoms with Gasteiger partial charge in [0.1, 0.15) is 11.1 Å². The second-order valence-electron chi connectivity index (χ2n) is 5.45. The number of rotatable bonds is 3. The normalized spacial score (nSPS) is 11.3. The summed E-state index contributed by atoms with van der Waals surface area (Å²) in [6, 6.07) is 3.60. The Kier molecular flexibility index (Phi) is 3.79. The Balaban J connectivity index is 2.02. The first-order valence-corrected chi connectivity index (χ1v) is 6.34. The number of fused-ring (bicyclic) bond motifs is 1. The predicted molar refractivity (Wildman–Crippen MR) is 77.3 cm³/mol. The maximum absolute atomic E-state index is 11.6. The molecule has 0 spiro atoms. The van der Waals surface area contributed by atoms with Crippen LogP contribution in [0.15, 0.2) is 35.6 Å². The Hall–Kier alpha value is -2.30. The van der Waals surface area contributed by atoms with E-state index in [1.54, 1.807) is 18.5 Å². The Labute approximate surface area is 117 Å². The minimum absolute atomic E-state index is 0.286. The number of nitrogens with zero attached hydrogens (tertiary/aromatic N) is 1. The van der Waals surface area contributed by atoms with Gasteiger partial charge in [-0.15, -0.1) is 0 Å². The zero-order valence-corrected chi connectivity index (χ0v) is 11.9. The summed E-state index contributed by atoms with van der Waals surface area (Å²) in [4.78, 5) is 15.8. The van der Waals surface area contributed by atoms with Crippen molar-refractivity contribution in [3.05, 3.63) is 36.7 Å². The standard InChI is InChI=1S/C15H18N2O3/c1-10(9-17-14(18)20-15(2,3)4)11-5-7-16-12-6-8-19-13(11)12/h5-8H,1,9H2,2-4H3,(H,17,18). The number of aromatic nitrogens is 1. The monoisotopic (exact) mass is 274 g/mol. The van der Waals surface area contributed by atoms with Gasteiger partial charge in [-0.3, -0.25) is 4.98 Å².